The van der Waals surface area contributed by atoms with Gasteiger partial charge in [0, 0.05) is 49.8 Å². The molecule has 0 aliphatic carbocycles. The maximum atomic E-state index is 12.9. The molecular weight excluding hydrogens is 400 g/mol. The van der Waals surface area contributed by atoms with Gasteiger partial charge in [-0.25, -0.2) is 9.78 Å². The van der Waals surface area contributed by atoms with Crippen molar-refractivity contribution in [3.8, 4) is 0 Å². The highest BCUT2D eigenvalue weighted by atomic mass is 32.1. The smallest absolute Gasteiger partial charge is 0.317 e. The number of benzene rings is 1. The van der Waals surface area contributed by atoms with E-state index in [1.165, 1.54) is 16.9 Å². The van der Waals surface area contributed by atoms with Gasteiger partial charge in [-0.15, -0.1) is 11.3 Å². The SMILES string of the molecule is O=C(Nc1nccs1)C1CCCN(C(=O)NCC2(c3ccccc3)CCOCC2)C1. The average molecular weight is 429 g/mol. The summed E-state index contributed by atoms with van der Waals surface area (Å²) >= 11 is 1.40. The standard InChI is InChI=1S/C22H28N4O3S/c27-19(25-20-23-10-14-30-20)17-5-4-11-26(15-17)21(28)24-16-22(8-12-29-13-9-22)18-6-2-1-3-7-18/h1-3,6-7,10,14,17H,4-5,8-9,11-13,15-16H2,(H,24,28)(H,23,25,27). The van der Waals surface area contributed by atoms with Crippen LogP contribution in [-0.4, -0.2) is 54.7 Å². The van der Waals surface area contributed by atoms with Gasteiger partial charge in [-0.3, -0.25) is 4.79 Å². The number of carbonyl (C=O) groups is 2. The molecule has 0 radical (unpaired) electrons. The number of ether oxygens (including phenoxy) is 1. The molecule has 2 saturated heterocycles. The predicted molar refractivity (Wildman–Crippen MR) is 117 cm³/mol. The van der Waals surface area contributed by atoms with Gasteiger partial charge in [0.15, 0.2) is 5.13 Å². The van der Waals surface area contributed by atoms with Gasteiger partial charge in [-0.2, -0.15) is 0 Å². The molecule has 0 bridgehead atoms. The van der Waals surface area contributed by atoms with Gasteiger partial charge in [-0.1, -0.05) is 30.3 Å². The number of anilines is 1. The summed E-state index contributed by atoms with van der Waals surface area (Å²) in [6, 6.07) is 10.3. The van der Waals surface area contributed by atoms with Crippen LogP contribution in [0.15, 0.2) is 41.9 Å². The minimum absolute atomic E-state index is 0.0624. The van der Waals surface area contributed by atoms with E-state index in [0.717, 1.165) is 25.7 Å². The number of aromatic nitrogens is 1. The largest absolute Gasteiger partial charge is 0.381 e. The molecule has 160 valence electrons. The van der Waals surface area contributed by atoms with Gasteiger partial charge in [0.05, 0.1) is 5.92 Å². The molecule has 1 aromatic carbocycles. The van der Waals surface area contributed by atoms with Crippen molar-refractivity contribution in [3.05, 3.63) is 47.5 Å². The van der Waals surface area contributed by atoms with Gasteiger partial charge in [0.2, 0.25) is 5.91 Å². The molecule has 2 N–H and O–H groups in total. The zero-order valence-electron chi connectivity index (χ0n) is 17.0. The summed E-state index contributed by atoms with van der Waals surface area (Å²) in [6.45, 7) is 3.09. The zero-order chi connectivity index (χ0) is 20.8. The van der Waals surface area contributed by atoms with E-state index in [2.05, 4.69) is 27.8 Å². The van der Waals surface area contributed by atoms with Crippen molar-refractivity contribution >= 4 is 28.4 Å². The molecule has 3 amide bonds. The molecule has 1 unspecified atom stereocenters. The van der Waals surface area contributed by atoms with E-state index in [4.69, 9.17) is 4.74 Å². The summed E-state index contributed by atoms with van der Waals surface area (Å²) in [5, 5.41) is 8.45. The lowest BCUT2D eigenvalue weighted by Crippen LogP contribution is -2.51. The quantitative estimate of drug-likeness (QED) is 0.766. The van der Waals surface area contributed by atoms with Crippen molar-refractivity contribution < 1.29 is 14.3 Å². The zero-order valence-corrected chi connectivity index (χ0v) is 17.8. The summed E-state index contributed by atoms with van der Waals surface area (Å²) < 4.78 is 5.58. The van der Waals surface area contributed by atoms with Crippen molar-refractivity contribution in [2.24, 2.45) is 5.92 Å². The van der Waals surface area contributed by atoms with Crippen LogP contribution in [0.2, 0.25) is 0 Å². The van der Waals surface area contributed by atoms with Crippen molar-refractivity contribution in [1.82, 2.24) is 15.2 Å². The lowest BCUT2D eigenvalue weighted by atomic mass is 9.74. The summed E-state index contributed by atoms with van der Waals surface area (Å²) in [6.07, 6.45) is 5.04. The number of rotatable bonds is 5. The number of nitrogens with zero attached hydrogens (tertiary/aromatic N) is 2. The van der Waals surface area contributed by atoms with Crippen LogP contribution in [0.5, 0.6) is 0 Å². The van der Waals surface area contributed by atoms with Crippen LogP contribution in [0.1, 0.15) is 31.2 Å². The van der Waals surface area contributed by atoms with Gasteiger partial charge < -0.3 is 20.3 Å². The Hall–Kier alpha value is -2.45. The Morgan fingerprint density at radius 2 is 2.03 bits per heavy atom. The average Bonchev–Trinajstić information content (AvgIpc) is 3.32. The van der Waals surface area contributed by atoms with Gasteiger partial charge in [-0.05, 0) is 31.2 Å². The highest BCUT2D eigenvalue weighted by Crippen LogP contribution is 2.34. The minimum Gasteiger partial charge on any atom is -0.381 e. The van der Waals surface area contributed by atoms with Crippen molar-refractivity contribution in [2.75, 3.05) is 38.2 Å². The Labute approximate surface area is 180 Å². The van der Waals surface area contributed by atoms with Crippen LogP contribution >= 0.6 is 11.3 Å². The van der Waals surface area contributed by atoms with Crippen LogP contribution in [0.25, 0.3) is 0 Å². The number of thiazole rings is 1. The maximum absolute atomic E-state index is 12.9. The Balaban J connectivity index is 1.36. The Morgan fingerprint density at radius 1 is 1.23 bits per heavy atom. The van der Waals surface area contributed by atoms with Crippen LogP contribution in [0.4, 0.5) is 9.93 Å². The molecule has 30 heavy (non-hydrogen) atoms. The molecule has 3 heterocycles. The lowest BCUT2D eigenvalue weighted by Gasteiger charge is -2.39. The monoisotopic (exact) mass is 428 g/mol. The first-order valence-corrected chi connectivity index (χ1v) is 11.4. The summed E-state index contributed by atoms with van der Waals surface area (Å²) in [5.41, 5.74) is 1.14. The number of likely N-dealkylation sites (tertiary alicyclic amines) is 1. The number of piperidine rings is 1. The van der Waals surface area contributed by atoms with Crippen LogP contribution < -0.4 is 10.6 Å². The van der Waals surface area contributed by atoms with E-state index in [1.807, 2.05) is 23.6 Å². The maximum Gasteiger partial charge on any atom is 0.317 e. The third-order valence-electron chi connectivity index (χ3n) is 6.16. The Kier molecular flexibility index (Phi) is 6.64. The minimum atomic E-state index is -0.209. The van der Waals surface area contributed by atoms with E-state index >= 15 is 0 Å². The van der Waals surface area contributed by atoms with Crippen LogP contribution in [0, 0.1) is 5.92 Å². The number of amides is 3. The van der Waals surface area contributed by atoms with Crippen LogP contribution in [0.3, 0.4) is 0 Å². The van der Waals surface area contributed by atoms with Crippen molar-refractivity contribution in [2.45, 2.75) is 31.1 Å². The molecule has 0 spiro atoms. The first-order chi connectivity index (χ1) is 14.7. The van der Waals surface area contributed by atoms with E-state index in [0.29, 0.717) is 38.0 Å². The first-order valence-electron chi connectivity index (χ1n) is 10.5. The topological polar surface area (TPSA) is 83.6 Å². The normalized spacial score (nSPS) is 21.1. The molecular formula is C22H28N4O3S. The van der Waals surface area contributed by atoms with E-state index in [1.54, 1.807) is 11.1 Å². The summed E-state index contributed by atoms with van der Waals surface area (Å²) in [4.78, 5) is 31.4. The van der Waals surface area contributed by atoms with E-state index in [-0.39, 0.29) is 23.3 Å². The fourth-order valence-electron chi connectivity index (χ4n) is 4.35. The molecule has 1 atom stereocenters. The van der Waals surface area contributed by atoms with Gasteiger partial charge in [0.25, 0.3) is 0 Å². The third-order valence-corrected chi connectivity index (χ3v) is 6.84. The lowest BCUT2D eigenvalue weighted by molar-refractivity contribution is -0.121. The first kappa shape index (κ1) is 20.8. The molecule has 2 aromatic rings. The third kappa shape index (κ3) is 4.82. The Bertz CT molecular complexity index is 837. The number of carbonyl (C=O) groups excluding carboxylic acids is 2. The Morgan fingerprint density at radius 3 is 2.77 bits per heavy atom. The molecule has 8 heteroatoms. The highest BCUT2D eigenvalue weighted by Gasteiger charge is 2.36. The fraction of sp³-hybridized carbons (Fsp3) is 0.500. The molecule has 1 aromatic heterocycles. The molecule has 7 nitrogen and oxygen atoms in total. The molecule has 2 aliphatic heterocycles. The summed E-state index contributed by atoms with van der Waals surface area (Å²) in [7, 11) is 0. The second-order valence-electron chi connectivity index (χ2n) is 8.03. The van der Waals surface area contributed by atoms with Gasteiger partial charge in [0.1, 0.15) is 0 Å². The van der Waals surface area contributed by atoms with Crippen molar-refractivity contribution in [1.29, 1.82) is 0 Å². The molecule has 2 aliphatic rings. The summed E-state index contributed by atoms with van der Waals surface area (Å²) in [5.74, 6) is -0.271. The highest BCUT2D eigenvalue weighted by molar-refractivity contribution is 7.13. The fourth-order valence-corrected chi connectivity index (χ4v) is 4.88. The van der Waals surface area contributed by atoms with Crippen LogP contribution in [-0.2, 0) is 14.9 Å². The molecule has 0 saturated carbocycles. The second kappa shape index (κ2) is 9.57. The van der Waals surface area contributed by atoms with E-state index in [9.17, 15) is 9.59 Å². The number of hydrogen-bond acceptors (Lipinski definition) is 5. The molecule has 4 rings (SSSR count). The van der Waals surface area contributed by atoms with E-state index < -0.39 is 0 Å². The second-order valence-corrected chi connectivity index (χ2v) is 8.92. The number of urea groups is 1. The van der Waals surface area contributed by atoms with Gasteiger partial charge >= 0.3 is 6.03 Å². The number of nitrogens with one attached hydrogen (secondary N) is 2. The number of hydrogen-bond donors (Lipinski definition) is 2. The van der Waals surface area contributed by atoms with Crippen molar-refractivity contribution in [3.63, 3.8) is 0 Å². The molecule has 2 fully saturated rings. The predicted octanol–water partition coefficient (Wildman–Crippen LogP) is 3.25.